The fourth-order valence-electron chi connectivity index (χ4n) is 2.98. The number of nitrogens with one attached hydrogen (secondary N) is 1. The molecular formula is C19H14Cl2N4O. The lowest BCUT2D eigenvalue weighted by Crippen LogP contribution is -2.29. The highest BCUT2D eigenvalue weighted by atomic mass is 35.5. The summed E-state index contributed by atoms with van der Waals surface area (Å²) in [5.74, 6) is 0.288. The standard InChI is InChI=1S/C19H14Cl2N4O/c20-13-5-3-6-14(21)18(13)24-17-10-15(22-11-23-17)19(26)25-9-8-12-4-1-2-7-16(12)25/h1-7,10-11H,8-9H2,(H,22,23,24). The number of hydrogen-bond acceptors (Lipinski definition) is 4. The van der Waals surface area contributed by atoms with E-state index < -0.39 is 0 Å². The summed E-state index contributed by atoms with van der Waals surface area (Å²) in [6.07, 6.45) is 2.19. The van der Waals surface area contributed by atoms with Gasteiger partial charge in [-0.15, -0.1) is 0 Å². The van der Waals surface area contributed by atoms with Gasteiger partial charge in [-0.1, -0.05) is 47.5 Å². The van der Waals surface area contributed by atoms with Crippen molar-refractivity contribution in [1.29, 1.82) is 0 Å². The quantitative estimate of drug-likeness (QED) is 0.708. The van der Waals surface area contributed by atoms with Gasteiger partial charge in [0.25, 0.3) is 5.91 Å². The Bertz CT molecular complexity index is 973. The molecule has 0 bridgehead atoms. The Labute approximate surface area is 160 Å². The van der Waals surface area contributed by atoms with Crippen molar-refractivity contribution in [2.24, 2.45) is 0 Å². The number of hydrogen-bond donors (Lipinski definition) is 1. The average Bonchev–Trinajstić information content (AvgIpc) is 3.09. The topological polar surface area (TPSA) is 58.1 Å². The van der Waals surface area contributed by atoms with Crippen LogP contribution in [0.25, 0.3) is 0 Å². The third kappa shape index (κ3) is 3.11. The summed E-state index contributed by atoms with van der Waals surface area (Å²) >= 11 is 12.4. The smallest absolute Gasteiger partial charge is 0.277 e. The van der Waals surface area contributed by atoms with Crippen LogP contribution in [0.4, 0.5) is 17.2 Å². The van der Waals surface area contributed by atoms with Crippen LogP contribution in [0.2, 0.25) is 10.0 Å². The molecule has 0 atom stereocenters. The third-order valence-electron chi connectivity index (χ3n) is 4.23. The number of carbonyl (C=O) groups is 1. The maximum Gasteiger partial charge on any atom is 0.277 e. The second-order valence-corrected chi connectivity index (χ2v) is 6.66. The molecule has 3 aromatic rings. The molecule has 1 aliphatic heterocycles. The van der Waals surface area contributed by atoms with Crippen molar-refractivity contribution in [2.45, 2.75) is 6.42 Å². The van der Waals surface area contributed by atoms with Crippen LogP contribution in [-0.2, 0) is 6.42 Å². The maximum absolute atomic E-state index is 12.9. The second kappa shape index (κ2) is 6.94. The minimum atomic E-state index is -0.161. The summed E-state index contributed by atoms with van der Waals surface area (Å²) in [6.45, 7) is 0.640. The van der Waals surface area contributed by atoms with Crippen LogP contribution in [0.3, 0.4) is 0 Å². The van der Waals surface area contributed by atoms with Gasteiger partial charge in [-0.25, -0.2) is 9.97 Å². The zero-order chi connectivity index (χ0) is 18.1. The second-order valence-electron chi connectivity index (χ2n) is 5.85. The van der Waals surface area contributed by atoms with E-state index in [1.54, 1.807) is 29.2 Å². The first kappa shape index (κ1) is 16.8. The van der Waals surface area contributed by atoms with Gasteiger partial charge in [-0.3, -0.25) is 4.79 Å². The van der Waals surface area contributed by atoms with Crippen LogP contribution in [-0.4, -0.2) is 22.4 Å². The third-order valence-corrected chi connectivity index (χ3v) is 4.86. The highest BCUT2D eigenvalue weighted by molar-refractivity contribution is 6.39. The molecule has 7 heteroatoms. The molecule has 0 fully saturated rings. The van der Waals surface area contributed by atoms with Gasteiger partial charge in [0.2, 0.25) is 0 Å². The molecule has 0 unspecified atom stereocenters. The molecule has 1 aliphatic rings. The van der Waals surface area contributed by atoms with Gasteiger partial charge in [0.1, 0.15) is 17.8 Å². The summed E-state index contributed by atoms with van der Waals surface area (Å²) in [5, 5.41) is 4.00. The van der Waals surface area contributed by atoms with E-state index in [0.29, 0.717) is 33.8 Å². The molecule has 2 aromatic carbocycles. The number of amides is 1. The van der Waals surface area contributed by atoms with E-state index in [4.69, 9.17) is 23.2 Å². The predicted octanol–water partition coefficient (Wildman–Crippen LogP) is 4.73. The Morgan fingerprint density at radius 3 is 2.62 bits per heavy atom. The minimum Gasteiger partial charge on any atom is -0.338 e. The summed E-state index contributed by atoms with van der Waals surface area (Å²) in [4.78, 5) is 22.9. The Kier molecular flexibility index (Phi) is 4.49. The van der Waals surface area contributed by atoms with Crippen molar-refractivity contribution in [3.8, 4) is 0 Å². The lowest BCUT2D eigenvalue weighted by atomic mass is 10.2. The van der Waals surface area contributed by atoms with E-state index >= 15 is 0 Å². The van der Waals surface area contributed by atoms with Crippen LogP contribution in [0.5, 0.6) is 0 Å². The molecule has 0 radical (unpaired) electrons. The maximum atomic E-state index is 12.9. The molecule has 2 heterocycles. The molecule has 0 aliphatic carbocycles. The minimum absolute atomic E-state index is 0.161. The van der Waals surface area contributed by atoms with Gasteiger partial charge in [0, 0.05) is 18.3 Å². The predicted molar refractivity (Wildman–Crippen MR) is 104 cm³/mol. The zero-order valence-corrected chi connectivity index (χ0v) is 15.1. The summed E-state index contributed by atoms with van der Waals surface area (Å²) in [7, 11) is 0. The number of aromatic nitrogens is 2. The zero-order valence-electron chi connectivity index (χ0n) is 13.6. The lowest BCUT2D eigenvalue weighted by Gasteiger charge is -2.17. The SMILES string of the molecule is O=C(c1cc(Nc2c(Cl)cccc2Cl)ncn1)N1CCc2ccccc21. The van der Waals surface area contributed by atoms with Crippen molar-refractivity contribution in [1.82, 2.24) is 9.97 Å². The number of benzene rings is 2. The van der Waals surface area contributed by atoms with Gasteiger partial charge in [-0.2, -0.15) is 0 Å². The molecule has 1 amide bonds. The number of nitrogens with zero attached hydrogens (tertiary/aromatic N) is 3. The van der Waals surface area contributed by atoms with Crippen molar-refractivity contribution in [3.63, 3.8) is 0 Å². The molecule has 1 N–H and O–H groups in total. The number of carbonyl (C=O) groups excluding carboxylic acids is 1. The number of para-hydroxylation sites is 2. The van der Waals surface area contributed by atoms with E-state index in [9.17, 15) is 4.79 Å². The van der Waals surface area contributed by atoms with E-state index in [-0.39, 0.29) is 5.91 Å². The van der Waals surface area contributed by atoms with Crippen molar-refractivity contribution in [3.05, 3.63) is 76.2 Å². The van der Waals surface area contributed by atoms with Crippen LogP contribution in [0.1, 0.15) is 16.1 Å². The molecule has 0 saturated carbocycles. The van der Waals surface area contributed by atoms with Crippen LogP contribution >= 0.6 is 23.2 Å². The summed E-state index contributed by atoms with van der Waals surface area (Å²) in [5.41, 5.74) is 2.94. The fraction of sp³-hybridized carbons (Fsp3) is 0.105. The van der Waals surface area contributed by atoms with Crippen LogP contribution in [0, 0.1) is 0 Å². The first-order chi connectivity index (χ1) is 12.6. The molecular weight excluding hydrogens is 371 g/mol. The van der Waals surface area contributed by atoms with Crippen molar-refractivity contribution >= 4 is 46.3 Å². The number of anilines is 3. The Hall–Kier alpha value is -2.63. The molecule has 4 rings (SSSR count). The Balaban J connectivity index is 1.61. The highest BCUT2D eigenvalue weighted by Crippen LogP contribution is 2.32. The average molecular weight is 385 g/mol. The van der Waals surface area contributed by atoms with Gasteiger partial charge in [-0.05, 0) is 30.2 Å². The monoisotopic (exact) mass is 384 g/mol. The normalized spacial score (nSPS) is 12.8. The van der Waals surface area contributed by atoms with E-state index in [1.807, 2.05) is 24.3 Å². The molecule has 130 valence electrons. The molecule has 1 aromatic heterocycles. The Morgan fingerprint density at radius 1 is 1.04 bits per heavy atom. The summed E-state index contributed by atoms with van der Waals surface area (Å²) in [6, 6.07) is 14.7. The van der Waals surface area contributed by atoms with Gasteiger partial charge < -0.3 is 10.2 Å². The molecule has 26 heavy (non-hydrogen) atoms. The first-order valence-electron chi connectivity index (χ1n) is 8.06. The molecule has 5 nitrogen and oxygen atoms in total. The van der Waals surface area contributed by atoms with Crippen molar-refractivity contribution < 1.29 is 4.79 Å². The van der Waals surface area contributed by atoms with Crippen LogP contribution in [0.15, 0.2) is 54.9 Å². The van der Waals surface area contributed by atoms with Gasteiger partial charge in [0.05, 0.1) is 15.7 Å². The molecule has 0 spiro atoms. The Morgan fingerprint density at radius 2 is 1.81 bits per heavy atom. The lowest BCUT2D eigenvalue weighted by molar-refractivity contribution is 0.0984. The fourth-order valence-corrected chi connectivity index (χ4v) is 3.47. The van der Waals surface area contributed by atoms with Crippen molar-refractivity contribution in [2.75, 3.05) is 16.8 Å². The first-order valence-corrected chi connectivity index (χ1v) is 8.82. The largest absolute Gasteiger partial charge is 0.338 e. The number of fused-ring (bicyclic) bond motifs is 1. The number of rotatable bonds is 3. The van der Waals surface area contributed by atoms with Gasteiger partial charge >= 0.3 is 0 Å². The van der Waals surface area contributed by atoms with E-state index in [0.717, 1.165) is 17.7 Å². The molecule has 0 saturated heterocycles. The van der Waals surface area contributed by atoms with Gasteiger partial charge in [0.15, 0.2) is 0 Å². The van der Waals surface area contributed by atoms with E-state index in [2.05, 4.69) is 15.3 Å². The number of halogens is 2. The summed E-state index contributed by atoms with van der Waals surface area (Å²) < 4.78 is 0. The van der Waals surface area contributed by atoms with Crippen LogP contribution < -0.4 is 10.2 Å². The highest BCUT2D eigenvalue weighted by Gasteiger charge is 2.26. The van der Waals surface area contributed by atoms with E-state index in [1.165, 1.54) is 6.33 Å².